The maximum Gasteiger partial charge on any atom is 0.259 e. The van der Waals surface area contributed by atoms with Gasteiger partial charge in [0.05, 0.1) is 5.56 Å². The molecule has 0 unspecified atom stereocenters. The summed E-state index contributed by atoms with van der Waals surface area (Å²) in [6.07, 6.45) is 5.84. The van der Waals surface area contributed by atoms with Crippen molar-refractivity contribution in [2.45, 2.75) is 32.6 Å². The van der Waals surface area contributed by atoms with Crippen molar-refractivity contribution in [1.29, 1.82) is 0 Å². The summed E-state index contributed by atoms with van der Waals surface area (Å²) < 4.78 is 0. The van der Waals surface area contributed by atoms with E-state index in [0.29, 0.717) is 23.5 Å². The number of aryl methyl sites for hydroxylation is 1. The van der Waals surface area contributed by atoms with E-state index in [1.807, 2.05) is 31.2 Å². The lowest BCUT2D eigenvalue weighted by molar-refractivity contribution is 0.102. The number of amides is 1. The van der Waals surface area contributed by atoms with Crippen LogP contribution in [0.5, 0.6) is 0 Å². The van der Waals surface area contributed by atoms with Gasteiger partial charge < -0.3 is 15.2 Å². The van der Waals surface area contributed by atoms with Crippen LogP contribution in [0, 0.1) is 0 Å². The van der Waals surface area contributed by atoms with Crippen LogP contribution < -0.4 is 15.8 Å². The molecule has 1 aliphatic rings. The molecule has 0 radical (unpaired) electrons. The molecule has 3 aromatic rings. The zero-order valence-electron chi connectivity index (χ0n) is 17.0. The predicted octanol–water partition coefficient (Wildman–Crippen LogP) is 3.64. The van der Waals surface area contributed by atoms with Gasteiger partial charge >= 0.3 is 0 Å². The molecule has 2 N–H and O–H groups in total. The summed E-state index contributed by atoms with van der Waals surface area (Å²) in [5, 5.41) is 2.97. The van der Waals surface area contributed by atoms with Gasteiger partial charge in [-0.2, -0.15) is 0 Å². The highest BCUT2D eigenvalue weighted by atomic mass is 16.1. The van der Waals surface area contributed by atoms with Crippen molar-refractivity contribution in [3.63, 3.8) is 0 Å². The van der Waals surface area contributed by atoms with Crippen LogP contribution in [-0.2, 0) is 6.42 Å². The Morgan fingerprint density at radius 3 is 2.77 bits per heavy atom. The van der Waals surface area contributed by atoms with Crippen LogP contribution in [-0.4, -0.2) is 33.9 Å². The van der Waals surface area contributed by atoms with Gasteiger partial charge in [-0.05, 0) is 49.9 Å². The van der Waals surface area contributed by atoms with Crippen LogP contribution in [0.2, 0.25) is 0 Å². The average Bonchev–Trinajstić information content (AvgIpc) is 2.79. The van der Waals surface area contributed by atoms with Gasteiger partial charge in [-0.3, -0.25) is 9.59 Å². The second kappa shape index (κ2) is 8.90. The Labute approximate surface area is 175 Å². The summed E-state index contributed by atoms with van der Waals surface area (Å²) in [5.74, 6) is 1.02. The lowest BCUT2D eigenvalue weighted by atomic mass is 10.1. The summed E-state index contributed by atoms with van der Waals surface area (Å²) in [4.78, 5) is 38.8. The van der Waals surface area contributed by atoms with Crippen LogP contribution in [0.3, 0.4) is 0 Å². The molecule has 3 heterocycles. The van der Waals surface area contributed by atoms with Crippen molar-refractivity contribution < 1.29 is 4.79 Å². The summed E-state index contributed by atoms with van der Waals surface area (Å²) in [6.45, 7) is 3.79. The zero-order valence-corrected chi connectivity index (χ0v) is 17.0. The van der Waals surface area contributed by atoms with Gasteiger partial charge in [-0.15, -0.1) is 0 Å². The average molecular weight is 403 g/mol. The normalized spacial score (nSPS) is 13.8. The molecule has 0 spiro atoms. The van der Waals surface area contributed by atoms with E-state index in [0.717, 1.165) is 43.0 Å². The monoisotopic (exact) mass is 403 g/mol. The van der Waals surface area contributed by atoms with E-state index in [4.69, 9.17) is 0 Å². The minimum absolute atomic E-state index is 0.187. The molecule has 4 rings (SSSR count). The quantitative estimate of drug-likeness (QED) is 0.679. The van der Waals surface area contributed by atoms with E-state index in [2.05, 4.69) is 25.2 Å². The van der Waals surface area contributed by atoms with Crippen molar-refractivity contribution in [3.05, 3.63) is 70.3 Å². The third kappa shape index (κ3) is 4.40. The second-order valence-electron chi connectivity index (χ2n) is 7.40. The number of piperidine rings is 1. The maximum absolute atomic E-state index is 13.0. The highest BCUT2D eigenvalue weighted by molar-refractivity contribution is 6.07. The largest absolute Gasteiger partial charge is 0.356 e. The Morgan fingerprint density at radius 1 is 1.13 bits per heavy atom. The molecule has 0 saturated carbocycles. The molecule has 154 valence electrons. The standard InChI is InChI=1S/C23H25N5O2/c1-2-17-15-20(29)27-21(25-17)16-8-6-9-18(14-16)26-23(30)19-10-7-11-24-22(19)28-12-4-3-5-13-28/h6-11,14-15H,2-5,12-13H2,1H3,(H,26,30)(H,25,27,29). The van der Waals surface area contributed by atoms with Crippen LogP contribution in [0.1, 0.15) is 42.2 Å². The number of rotatable bonds is 5. The van der Waals surface area contributed by atoms with Gasteiger partial charge in [0.1, 0.15) is 11.6 Å². The number of aromatic nitrogens is 3. The third-order valence-corrected chi connectivity index (χ3v) is 5.24. The Hall–Kier alpha value is -3.48. The summed E-state index contributed by atoms with van der Waals surface area (Å²) in [6, 6.07) is 12.4. The van der Waals surface area contributed by atoms with Crippen LogP contribution in [0.25, 0.3) is 11.4 Å². The number of nitrogens with one attached hydrogen (secondary N) is 2. The van der Waals surface area contributed by atoms with Gasteiger partial charge in [0.15, 0.2) is 0 Å². The van der Waals surface area contributed by atoms with Crippen molar-refractivity contribution in [3.8, 4) is 11.4 Å². The molecule has 0 bridgehead atoms. The van der Waals surface area contributed by atoms with Crippen molar-refractivity contribution in [2.75, 3.05) is 23.3 Å². The van der Waals surface area contributed by atoms with E-state index >= 15 is 0 Å². The van der Waals surface area contributed by atoms with E-state index in [1.54, 1.807) is 18.3 Å². The van der Waals surface area contributed by atoms with Crippen LogP contribution in [0.4, 0.5) is 11.5 Å². The number of anilines is 2. The summed E-state index contributed by atoms with van der Waals surface area (Å²) in [5.41, 5.74) is 2.47. The van der Waals surface area contributed by atoms with E-state index in [-0.39, 0.29) is 11.5 Å². The number of carbonyl (C=O) groups is 1. The van der Waals surface area contributed by atoms with Gasteiger partial charge in [-0.25, -0.2) is 9.97 Å². The predicted molar refractivity (Wildman–Crippen MR) is 118 cm³/mol. The molecule has 1 aliphatic heterocycles. The molecule has 30 heavy (non-hydrogen) atoms. The molecule has 1 amide bonds. The third-order valence-electron chi connectivity index (χ3n) is 5.24. The summed E-state index contributed by atoms with van der Waals surface area (Å²) >= 11 is 0. The molecule has 0 atom stereocenters. The molecular formula is C23H25N5O2. The fraction of sp³-hybridized carbons (Fsp3) is 0.304. The van der Waals surface area contributed by atoms with Crippen LogP contribution >= 0.6 is 0 Å². The number of nitrogens with zero attached hydrogens (tertiary/aromatic N) is 3. The first-order chi connectivity index (χ1) is 14.6. The number of hydrogen-bond donors (Lipinski definition) is 2. The highest BCUT2D eigenvalue weighted by Crippen LogP contribution is 2.24. The molecule has 1 aromatic carbocycles. The minimum Gasteiger partial charge on any atom is -0.356 e. The lowest BCUT2D eigenvalue weighted by Crippen LogP contribution is -2.32. The van der Waals surface area contributed by atoms with E-state index in [9.17, 15) is 9.59 Å². The fourth-order valence-electron chi connectivity index (χ4n) is 3.70. The van der Waals surface area contributed by atoms with Gasteiger partial charge in [0, 0.05) is 42.3 Å². The van der Waals surface area contributed by atoms with Gasteiger partial charge in [0.25, 0.3) is 11.5 Å². The first kappa shape index (κ1) is 19.8. The van der Waals surface area contributed by atoms with Crippen molar-refractivity contribution >= 4 is 17.4 Å². The Kier molecular flexibility index (Phi) is 5.88. The Balaban J connectivity index is 1.59. The fourth-order valence-corrected chi connectivity index (χ4v) is 3.70. The van der Waals surface area contributed by atoms with E-state index in [1.165, 1.54) is 12.5 Å². The van der Waals surface area contributed by atoms with Crippen LogP contribution in [0.15, 0.2) is 53.5 Å². The van der Waals surface area contributed by atoms with Gasteiger partial charge in [-0.1, -0.05) is 19.1 Å². The van der Waals surface area contributed by atoms with Crippen molar-refractivity contribution in [1.82, 2.24) is 15.0 Å². The zero-order chi connectivity index (χ0) is 20.9. The number of hydrogen-bond acceptors (Lipinski definition) is 5. The number of H-pyrrole nitrogens is 1. The number of aromatic amines is 1. The number of pyridine rings is 1. The molecular weight excluding hydrogens is 378 g/mol. The Bertz CT molecular complexity index is 1100. The summed E-state index contributed by atoms with van der Waals surface area (Å²) in [7, 11) is 0. The molecule has 0 aliphatic carbocycles. The van der Waals surface area contributed by atoms with Gasteiger partial charge in [0.2, 0.25) is 0 Å². The SMILES string of the molecule is CCc1cc(=O)[nH]c(-c2cccc(NC(=O)c3cccnc3N3CCCCC3)c2)n1. The molecule has 7 nitrogen and oxygen atoms in total. The lowest BCUT2D eigenvalue weighted by Gasteiger charge is -2.29. The molecule has 1 saturated heterocycles. The van der Waals surface area contributed by atoms with E-state index < -0.39 is 0 Å². The minimum atomic E-state index is -0.204. The second-order valence-corrected chi connectivity index (χ2v) is 7.40. The smallest absolute Gasteiger partial charge is 0.259 e. The topological polar surface area (TPSA) is 91.0 Å². The Morgan fingerprint density at radius 2 is 1.97 bits per heavy atom. The van der Waals surface area contributed by atoms with Crippen molar-refractivity contribution in [2.24, 2.45) is 0 Å². The molecule has 1 fully saturated rings. The highest BCUT2D eigenvalue weighted by Gasteiger charge is 2.19. The first-order valence-electron chi connectivity index (χ1n) is 10.4. The first-order valence-corrected chi connectivity index (χ1v) is 10.4. The molecule has 7 heteroatoms. The molecule has 2 aromatic heterocycles. The number of benzene rings is 1. The maximum atomic E-state index is 13.0. The number of carbonyl (C=O) groups excluding carboxylic acids is 1.